The average molecular weight is 453 g/mol. The van der Waals surface area contributed by atoms with Crippen molar-refractivity contribution in [2.45, 2.75) is 19.5 Å². The number of methoxy groups -OCH3 is 2. The Labute approximate surface area is 190 Å². The minimum absolute atomic E-state index is 0.0783. The van der Waals surface area contributed by atoms with Gasteiger partial charge in [-0.15, -0.1) is 0 Å². The number of halogens is 1. The van der Waals surface area contributed by atoms with Crippen molar-refractivity contribution in [2.24, 2.45) is 0 Å². The van der Waals surface area contributed by atoms with Crippen molar-refractivity contribution >= 4 is 29.2 Å². The number of aliphatic hydroxyl groups is 1. The number of anilines is 4. The zero-order chi connectivity index (χ0) is 23.5. The largest absolute Gasteiger partial charge is 0.497 e. The first-order valence-corrected chi connectivity index (χ1v) is 10.3. The van der Waals surface area contributed by atoms with Gasteiger partial charge in [0.15, 0.2) is 5.82 Å². The molecular weight excluding hydrogens is 429 g/mol. The number of urea groups is 1. The summed E-state index contributed by atoms with van der Waals surface area (Å²) in [6, 6.07) is 10.4. The summed E-state index contributed by atoms with van der Waals surface area (Å²) in [5, 5.41) is 12.9. The number of hydrogen-bond donors (Lipinski definition) is 2. The first-order valence-electron chi connectivity index (χ1n) is 10.3. The lowest BCUT2D eigenvalue weighted by Gasteiger charge is -2.38. The Morgan fingerprint density at radius 2 is 1.85 bits per heavy atom. The number of carbonyl (C=O) groups excluding carboxylic acids is 1. The standard InChI is InChI=1S/C23H24FN5O4/c1-14(13-30)29-21-15(11-25-22(27-21)26-16-4-6-17(32-2)7-5-16)12-28(23(29)31)20-9-8-18(33-3)10-19(20)24/h4-11,14,30H,12-13H2,1-3H3,(H,25,26,27)/t14-/m0/s1. The van der Waals surface area contributed by atoms with E-state index in [1.807, 2.05) is 12.1 Å². The second-order valence-corrected chi connectivity index (χ2v) is 7.48. The Hall–Kier alpha value is -3.92. The molecule has 1 atom stereocenters. The fraction of sp³-hybridized carbons (Fsp3) is 0.261. The molecule has 33 heavy (non-hydrogen) atoms. The van der Waals surface area contributed by atoms with Crippen LogP contribution in [0.3, 0.4) is 0 Å². The molecule has 2 amide bonds. The maximum absolute atomic E-state index is 14.7. The smallest absolute Gasteiger partial charge is 0.330 e. The minimum atomic E-state index is -0.596. The lowest BCUT2D eigenvalue weighted by Crippen LogP contribution is -2.53. The van der Waals surface area contributed by atoms with Crippen LogP contribution in [0, 0.1) is 5.82 Å². The number of nitrogens with zero attached hydrogens (tertiary/aromatic N) is 4. The molecule has 3 aromatic rings. The van der Waals surface area contributed by atoms with Crippen molar-refractivity contribution in [3.05, 3.63) is 60.0 Å². The predicted molar refractivity (Wildman–Crippen MR) is 122 cm³/mol. The highest BCUT2D eigenvalue weighted by atomic mass is 19.1. The highest BCUT2D eigenvalue weighted by molar-refractivity contribution is 6.06. The number of rotatable bonds is 7. The van der Waals surface area contributed by atoms with Crippen LogP contribution >= 0.6 is 0 Å². The number of benzene rings is 2. The van der Waals surface area contributed by atoms with E-state index in [4.69, 9.17) is 9.47 Å². The quantitative estimate of drug-likeness (QED) is 0.563. The molecule has 9 nitrogen and oxygen atoms in total. The summed E-state index contributed by atoms with van der Waals surface area (Å²) in [7, 11) is 3.03. The van der Waals surface area contributed by atoms with Gasteiger partial charge in [-0.2, -0.15) is 4.98 Å². The zero-order valence-corrected chi connectivity index (χ0v) is 18.4. The van der Waals surface area contributed by atoms with E-state index in [1.54, 1.807) is 38.4 Å². The van der Waals surface area contributed by atoms with Gasteiger partial charge in [-0.1, -0.05) is 0 Å². The molecule has 0 fully saturated rings. The number of hydrogen-bond acceptors (Lipinski definition) is 7. The summed E-state index contributed by atoms with van der Waals surface area (Å²) >= 11 is 0. The summed E-state index contributed by atoms with van der Waals surface area (Å²) in [5.74, 6) is 1.11. The number of aliphatic hydroxyl groups excluding tert-OH is 1. The van der Waals surface area contributed by atoms with Crippen molar-refractivity contribution < 1.29 is 23.8 Å². The van der Waals surface area contributed by atoms with E-state index >= 15 is 0 Å². The molecule has 172 valence electrons. The number of aromatic nitrogens is 2. The molecule has 2 aromatic carbocycles. The van der Waals surface area contributed by atoms with Gasteiger partial charge in [0.1, 0.15) is 17.3 Å². The number of nitrogens with one attached hydrogen (secondary N) is 1. The summed E-state index contributed by atoms with van der Waals surface area (Å²) in [4.78, 5) is 24.9. The molecule has 0 radical (unpaired) electrons. The third-order valence-corrected chi connectivity index (χ3v) is 5.33. The number of fused-ring (bicyclic) bond motifs is 1. The fourth-order valence-corrected chi connectivity index (χ4v) is 3.54. The average Bonchev–Trinajstić information content (AvgIpc) is 2.84. The number of amides is 2. The first-order chi connectivity index (χ1) is 15.9. The van der Waals surface area contributed by atoms with Crippen LogP contribution in [0.4, 0.5) is 32.3 Å². The number of ether oxygens (including phenoxy) is 2. The molecule has 0 unspecified atom stereocenters. The SMILES string of the molecule is COc1ccc(Nc2ncc3c(n2)N([C@@H](C)CO)C(=O)N(c2ccc(OC)cc2F)C3)cc1. The first kappa shape index (κ1) is 22.3. The molecule has 2 N–H and O–H groups in total. The van der Waals surface area contributed by atoms with Gasteiger partial charge in [-0.05, 0) is 43.3 Å². The van der Waals surface area contributed by atoms with E-state index in [-0.39, 0.29) is 24.8 Å². The molecule has 1 aliphatic heterocycles. The van der Waals surface area contributed by atoms with E-state index in [0.29, 0.717) is 22.9 Å². The highest BCUT2D eigenvalue weighted by Gasteiger charge is 2.36. The van der Waals surface area contributed by atoms with E-state index in [1.165, 1.54) is 29.0 Å². The molecule has 1 aliphatic rings. The van der Waals surface area contributed by atoms with Crippen molar-refractivity contribution in [2.75, 3.05) is 35.9 Å². The second-order valence-electron chi connectivity index (χ2n) is 7.48. The Bertz CT molecular complexity index is 1160. The Morgan fingerprint density at radius 3 is 2.48 bits per heavy atom. The van der Waals surface area contributed by atoms with Crippen molar-refractivity contribution in [1.82, 2.24) is 9.97 Å². The maximum Gasteiger partial charge on any atom is 0.330 e. The van der Waals surface area contributed by atoms with E-state index in [9.17, 15) is 14.3 Å². The third-order valence-electron chi connectivity index (χ3n) is 5.33. The molecule has 1 aromatic heterocycles. The molecule has 10 heteroatoms. The van der Waals surface area contributed by atoms with Crippen molar-refractivity contribution in [3.8, 4) is 11.5 Å². The lowest BCUT2D eigenvalue weighted by atomic mass is 10.1. The van der Waals surface area contributed by atoms with Gasteiger partial charge in [0.05, 0.1) is 39.1 Å². The van der Waals surface area contributed by atoms with Crippen LogP contribution < -0.4 is 24.6 Å². The molecule has 0 spiro atoms. The molecule has 2 heterocycles. The van der Waals surface area contributed by atoms with Gasteiger partial charge in [0.25, 0.3) is 0 Å². The predicted octanol–water partition coefficient (Wildman–Crippen LogP) is 3.70. The van der Waals surface area contributed by atoms with Gasteiger partial charge < -0.3 is 19.9 Å². The van der Waals surface area contributed by atoms with Gasteiger partial charge >= 0.3 is 6.03 Å². The van der Waals surface area contributed by atoms with Crippen LogP contribution in [-0.2, 0) is 6.54 Å². The summed E-state index contributed by atoms with van der Waals surface area (Å²) < 4.78 is 25.0. The van der Waals surface area contributed by atoms with Crippen LogP contribution in [-0.4, -0.2) is 48.0 Å². The Balaban J connectivity index is 1.69. The van der Waals surface area contributed by atoms with Crippen LogP contribution in [0.5, 0.6) is 11.5 Å². The minimum Gasteiger partial charge on any atom is -0.497 e. The summed E-state index contributed by atoms with van der Waals surface area (Å²) in [5.41, 5.74) is 1.45. The van der Waals surface area contributed by atoms with E-state index in [2.05, 4.69) is 15.3 Å². The van der Waals surface area contributed by atoms with Gasteiger partial charge in [-0.25, -0.2) is 14.2 Å². The summed E-state index contributed by atoms with van der Waals surface area (Å²) in [6.07, 6.45) is 1.59. The number of carbonyl (C=O) groups is 1. The highest BCUT2D eigenvalue weighted by Crippen LogP contribution is 2.34. The molecular formula is C23H24FN5O4. The lowest BCUT2D eigenvalue weighted by molar-refractivity contribution is 0.234. The van der Waals surface area contributed by atoms with Crippen LogP contribution in [0.25, 0.3) is 0 Å². The Morgan fingerprint density at radius 1 is 1.15 bits per heavy atom. The van der Waals surface area contributed by atoms with Gasteiger partial charge in [0.2, 0.25) is 5.95 Å². The van der Waals surface area contributed by atoms with Gasteiger partial charge in [0, 0.05) is 23.5 Å². The topological polar surface area (TPSA) is 100 Å². The maximum atomic E-state index is 14.7. The van der Waals surface area contributed by atoms with Crippen LogP contribution in [0.15, 0.2) is 48.7 Å². The zero-order valence-electron chi connectivity index (χ0n) is 18.4. The molecule has 0 aliphatic carbocycles. The van der Waals surface area contributed by atoms with Crippen LogP contribution in [0.1, 0.15) is 12.5 Å². The van der Waals surface area contributed by atoms with Crippen molar-refractivity contribution in [1.29, 1.82) is 0 Å². The summed E-state index contributed by atoms with van der Waals surface area (Å²) in [6.45, 7) is 1.47. The molecule has 0 saturated heterocycles. The third kappa shape index (κ3) is 4.37. The monoisotopic (exact) mass is 453 g/mol. The second kappa shape index (κ2) is 9.29. The van der Waals surface area contributed by atoms with Crippen LogP contribution in [0.2, 0.25) is 0 Å². The Kier molecular flexibility index (Phi) is 6.27. The van der Waals surface area contributed by atoms with E-state index < -0.39 is 17.9 Å². The normalized spacial score (nSPS) is 14.0. The van der Waals surface area contributed by atoms with Gasteiger partial charge in [-0.3, -0.25) is 9.80 Å². The van der Waals surface area contributed by atoms with E-state index in [0.717, 1.165) is 5.69 Å². The fourth-order valence-electron chi connectivity index (χ4n) is 3.54. The molecule has 0 bridgehead atoms. The molecule has 0 saturated carbocycles. The molecule has 4 rings (SSSR count). The van der Waals surface area contributed by atoms with Crippen molar-refractivity contribution in [3.63, 3.8) is 0 Å².